The maximum absolute atomic E-state index is 12.8. The van der Waals surface area contributed by atoms with Gasteiger partial charge in [0.2, 0.25) is 0 Å². The highest BCUT2D eigenvalue weighted by Gasteiger charge is 2.07. The van der Waals surface area contributed by atoms with Crippen LogP contribution in [-0.2, 0) is 11.2 Å². The third kappa shape index (κ3) is 4.75. The number of carbonyl (C=O) groups excluding carboxylic acids is 1. The van der Waals surface area contributed by atoms with E-state index in [1.165, 1.54) is 23.9 Å². The molecule has 0 aromatic heterocycles. The molecule has 0 aliphatic heterocycles. The van der Waals surface area contributed by atoms with Crippen molar-refractivity contribution in [3.63, 3.8) is 0 Å². The number of benzene rings is 1. The van der Waals surface area contributed by atoms with Gasteiger partial charge in [0.25, 0.3) is 0 Å². The van der Waals surface area contributed by atoms with Gasteiger partial charge in [-0.1, -0.05) is 13.8 Å². The van der Waals surface area contributed by atoms with E-state index < -0.39 is 11.6 Å². The van der Waals surface area contributed by atoms with Gasteiger partial charge in [-0.15, -0.1) is 0 Å². The van der Waals surface area contributed by atoms with Crippen molar-refractivity contribution in [2.45, 2.75) is 25.5 Å². The van der Waals surface area contributed by atoms with Crippen molar-refractivity contribution in [2.75, 3.05) is 5.75 Å². The number of rotatable bonds is 5. The fraction of sp³-hybridized carbons (Fsp3) is 0.417. The Hall–Kier alpha value is -0.900. The Balaban J connectivity index is 2.56. The molecule has 0 N–H and O–H groups in total. The van der Waals surface area contributed by atoms with Crippen LogP contribution in [0.4, 0.5) is 8.78 Å². The van der Waals surface area contributed by atoms with Gasteiger partial charge in [-0.05, 0) is 22.9 Å². The van der Waals surface area contributed by atoms with Crippen LogP contribution in [0.5, 0.6) is 0 Å². The first kappa shape index (κ1) is 13.2. The van der Waals surface area contributed by atoms with E-state index in [1.54, 1.807) is 0 Å². The van der Waals surface area contributed by atoms with Crippen LogP contribution >= 0.6 is 11.8 Å². The maximum atomic E-state index is 12.8. The molecule has 0 fully saturated rings. The van der Waals surface area contributed by atoms with Crippen LogP contribution in [0.2, 0.25) is 0 Å². The lowest BCUT2D eigenvalue weighted by atomic mass is 10.1. The molecule has 0 amide bonds. The van der Waals surface area contributed by atoms with Crippen LogP contribution in [0.15, 0.2) is 18.2 Å². The lowest BCUT2D eigenvalue weighted by Gasteiger charge is -2.04. The first-order valence-corrected chi connectivity index (χ1v) is 6.10. The summed E-state index contributed by atoms with van der Waals surface area (Å²) in [6.07, 6.45) is 0.0917. The minimum Gasteiger partial charge on any atom is -0.298 e. The Kier molecular flexibility index (Phi) is 4.93. The second-order valence-electron chi connectivity index (χ2n) is 3.85. The Morgan fingerprint density at radius 3 is 2.31 bits per heavy atom. The summed E-state index contributed by atoms with van der Waals surface area (Å²) in [4.78, 5) is 11.5. The molecule has 0 aliphatic rings. The van der Waals surface area contributed by atoms with Gasteiger partial charge in [-0.25, -0.2) is 8.78 Å². The molecule has 0 unspecified atom stereocenters. The summed E-state index contributed by atoms with van der Waals surface area (Å²) in [7, 11) is 0. The molecule has 0 spiro atoms. The summed E-state index contributed by atoms with van der Waals surface area (Å²) >= 11 is 1.53. The molecule has 0 bridgehead atoms. The molecule has 88 valence electrons. The van der Waals surface area contributed by atoms with Crippen molar-refractivity contribution in [3.8, 4) is 0 Å². The van der Waals surface area contributed by atoms with Gasteiger partial charge in [-0.3, -0.25) is 4.79 Å². The zero-order valence-electron chi connectivity index (χ0n) is 9.30. The van der Waals surface area contributed by atoms with Crippen LogP contribution in [0.25, 0.3) is 0 Å². The SMILES string of the molecule is CC(C)SCC(=O)Cc1cc(F)cc(F)c1. The molecule has 0 saturated carbocycles. The fourth-order valence-corrected chi connectivity index (χ4v) is 1.87. The predicted molar refractivity (Wildman–Crippen MR) is 62.7 cm³/mol. The Labute approximate surface area is 98.2 Å². The molecule has 1 rings (SSSR count). The number of Topliss-reactive ketones (excluding diaryl/α,β-unsaturated/α-hetero) is 1. The van der Waals surface area contributed by atoms with Crippen LogP contribution in [-0.4, -0.2) is 16.8 Å². The second-order valence-corrected chi connectivity index (χ2v) is 5.42. The Morgan fingerprint density at radius 1 is 1.25 bits per heavy atom. The average Bonchev–Trinajstić information content (AvgIpc) is 2.12. The molecule has 0 saturated heterocycles. The Morgan fingerprint density at radius 2 is 1.81 bits per heavy atom. The minimum atomic E-state index is -0.640. The largest absolute Gasteiger partial charge is 0.298 e. The van der Waals surface area contributed by atoms with E-state index >= 15 is 0 Å². The summed E-state index contributed by atoms with van der Waals surface area (Å²) in [6, 6.07) is 3.19. The number of thioether (sulfide) groups is 1. The number of ketones is 1. The van der Waals surface area contributed by atoms with Crippen molar-refractivity contribution in [2.24, 2.45) is 0 Å². The van der Waals surface area contributed by atoms with E-state index in [2.05, 4.69) is 0 Å². The highest BCUT2D eigenvalue weighted by molar-refractivity contribution is 8.00. The maximum Gasteiger partial charge on any atom is 0.147 e. The summed E-state index contributed by atoms with van der Waals surface area (Å²) < 4.78 is 25.7. The predicted octanol–water partition coefficient (Wildman–Crippen LogP) is 3.22. The van der Waals surface area contributed by atoms with Gasteiger partial charge >= 0.3 is 0 Å². The van der Waals surface area contributed by atoms with Crippen LogP contribution in [0.1, 0.15) is 19.4 Å². The molecule has 4 heteroatoms. The average molecular weight is 244 g/mol. The van der Waals surface area contributed by atoms with Crippen molar-refractivity contribution in [3.05, 3.63) is 35.4 Å². The highest BCUT2D eigenvalue weighted by Crippen LogP contribution is 2.12. The van der Waals surface area contributed by atoms with Crippen molar-refractivity contribution in [1.29, 1.82) is 0 Å². The van der Waals surface area contributed by atoms with Gasteiger partial charge in [0.05, 0.1) is 5.75 Å². The van der Waals surface area contributed by atoms with E-state index in [0.29, 0.717) is 16.6 Å². The lowest BCUT2D eigenvalue weighted by molar-refractivity contribution is -0.116. The summed E-state index contributed by atoms with van der Waals surface area (Å²) in [5, 5.41) is 0.383. The van der Waals surface area contributed by atoms with E-state index in [4.69, 9.17) is 0 Å². The number of hydrogen-bond donors (Lipinski definition) is 0. The fourth-order valence-electron chi connectivity index (χ4n) is 1.25. The highest BCUT2D eigenvalue weighted by atomic mass is 32.2. The van der Waals surface area contributed by atoms with Crippen molar-refractivity contribution in [1.82, 2.24) is 0 Å². The monoisotopic (exact) mass is 244 g/mol. The van der Waals surface area contributed by atoms with Crippen LogP contribution in [0.3, 0.4) is 0 Å². The van der Waals surface area contributed by atoms with E-state index in [0.717, 1.165) is 6.07 Å². The third-order valence-electron chi connectivity index (χ3n) is 1.90. The molecule has 16 heavy (non-hydrogen) atoms. The molecule has 1 aromatic rings. The number of carbonyl (C=O) groups is 1. The van der Waals surface area contributed by atoms with E-state index in [-0.39, 0.29) is 12.2 Å². The first-order valence-electron chi connectivity index (χ1n) is 5.05. The van der Waals surface area contributed by atoms with Gasteiger partial charge in [0, 0.05) is 12.5 Å². The summed E-state index contributed by atoms with van der Waals surface area (Å²) in [6.45, 7) is 4.00. The molecular formula is C12H14F2OS. The molecule has 0 atom stereocenters. The standard InChI is InChI=1S/C12H14F2OS/c1-8(2)16-7-12(15)5-9-3-10(13)6-11(14)4-9/h3-4,6,8H,5,7H2,1-2H3. The lowest BCUT2D eigenvalue weighted by Crippen LogP contribution is -2.08. The molecule has 0 radical (unpaired) electrons. The minimum absolute atomic E-state index is 0.0105. The summed E-state index contributed by atoms with van der Waals surface area (Å²) in [5.41, 5.74) is 0.395. The number of hydrogen-bond acceptors (Lipinski definition) is 2. The summed E-state index contributed by atoms with van der Waals surface area (Å²) in [5.74, 6) is -0.905. The van der Waals surface area contributed by atoms with Crippen LogP contribution in [0, 0.1) is 11.6 Å². The van der Waals surface area contributed by atoms with Crippen molar-refractivity contribution < 1.29 is 13.6 Å². The first-order chi connectivity index (χ1) is 7.47. The van der Waals surface area contributed by atoms with E-state index in [1.807, 2.05) is 13.8 Å². The molecule has 0 heterocycles. The quantitative estimate of drug-likeness (QED) is 0.791. The molecule has 1 nitrogen and oxygen atoms in total. The van der Waals surface area contributed by atoms with Crippen LogP contribution < -0.4 is 0 Å². The second kappa shape index (κ2) is 5.99. The normalized spacial score (nSPS) is 10.8. The smallest absolute Gasteiger partial charge is 0.147 e. The van der Waals surface area contributed by atoms with Gasteiger partial charge < -0.3 is 0 Å². The van der Waals surface area contributed by atoms with E-state index in [9.17, 15) is 13.6 Å². The third-order valence-corrected chi connectivity index (χ3v) is 3.06. The topological polar surface area (TPSA) is 17.1 Å². The number of halogens is 2. The Bertz CT molecular complexity index is 357. The van der Waals surface area contributed by atoms with Gasteiger partial charge in [0.15, 0.2) is 0 Å². The zero-order valence-corrected chi connectivity index (χ0v) is 10.1. The van der Waals surface area contributed by atoms with Gasteiger partial charge in [0.1, 0.15) is 17.4 Å². The molecule has 1 aromatic carbocycles. The van der Waals surface area contributed by atoms with Crippen molar-refractivity contribution >= 4 is 17.5 Å². The zero-order chi connectivity index (χ0) is 12.1. The molecule has 0 aliphatic carbocycles. The van der Waals surface area contributed by atoms with Gasteiger partial charge in [-0.2, -0.15) is 11.8 Å². The molecular weight excluding hydrogens is 230 g/mol.